The highest BCUT2D eigenvalue weighted by molar-refractivity contribution is 7.15. The van der Waals surface area contributed by atoms with Crippen LogP contribution >= 0.6 is 11.3 Å². The van der Waals surface area contributed by atoms with E-state index in [1.54, 1.807) is 11.3 Å². The molecule has 1 saturated heterocycles. The maximum Gasteiger partial charge on any atom is 0.185 e. The summed E-state index contributed by atoms with van der Waals surface area (Å²) >= 11 is 1.72. The summed E-state index contributed by atoms with van der Waals surface area (Å²) in [5.41, 5.74) is 7.03. The largest absolute Gasteiger partial charge is 0.379 e. The van der Waals surface area contributed by atoms with Gasteiger partial charge in [0.05, 0.1) is 18.3 Å². The lowest BCUT2D eigenvalue weighted by atomic mass is 9.91. The molecule has 2 rings (SSSR count). The highest BCUT2D eigenvalue weighted by Gasteiger charge is 2.27. The van der Waals surface area contributed by atoms with E-state index in [-0.39, 0.29) is 5.41 Å². The molecule has 5 heteroatoms. The summed E-state index contributed by atoms with van der Waals surface area (Å²) in [7, 11) is 2.10. The first kappa shape index (κ1) is 13.8. The molecule has 1 aliphatic heterocycles. The average molecular weight is 269 g/mol. The number of thiazole rings is 1. The van der Waals surface area contributed by atoms with E-state index in [0.717, 1.165) is 30.5 Å². The normalized spacial score (nSPS) is 20.4. The number of aromatic nitrogens is 1. The molecule has 1 atom stereocenters. The van der Waals surface area contributed by atoms with Crippen molar-refractivity contribution in [3.05, 3.63) is 10.6 Å². The Morgan fingerprint density at radius 2 is 2.22 bits per heavy atom. The van der Waals surface area contributed by atoms with E-state index in [1.165, 1.54) is 4.88 Å². The van der Waals surface area contributed by atoms with Gasteiger partial charge in [-0.25, -0.2) is 4.98 Å². The second-order valence-corrected chi connectivity index (χ2v) is 6.91. The van der Waals surface area contributed by atoms with Crippen molar-refractivity contribution in [3.63, 3.8) is 0 Å². The minimum Gasteiger partial charge on any atom is -0.379 e. The van der Waals surface area contributed by atoms with E-state index in [2.05, 4.69) is 32.7 Å². The summed E-state index contributed by atoms with van der Waals surface area (Å²) in [4.78, 5) is 8.25. The third-order valence-corrected chi connectivity index (χ3v) is 4.51. The van der Waals surface area contributed by atoms with E-state index in [4.69, 9.17) is 15.5 Å². The molecule has 0 aliphatic carbocycles. The molecule has 4 nitrogen and oxygen atoms in total. The van der Waals surface area contributed by atoms with Gasteiger partial charge in [0.1, 0.15) is 0 Å². The second-order valence-electron chi connectivity index (χ2n) is 5.85. The smallest absolute Gasteiger partial charge is 0.185 e. The van der Waals surface area contributed by atoms with E-state index in [0.29, 0.717) is 12.6 Å². The zero-order chi connectivity index (χ0) is 13.3. The number of likely N-dealkylation sites (N-methyl/N-ethyl adjacent to an activating group) is 1. The molecule has 0 bridgehead atoms. The van der Waals surface area contributed by atoms with Gasteiger partial charge in [-0.2, -0.15) is 0 Å². The van der Waals surface area contributed by atoms with Gasteiger partial charge in [0.25, 0.3) is 0 Å². The van der Waals surface area contributed by atoms with Gasteiger partial charge in [-0.05, 0) is 6.42 Å². The third kappa shape index (κ3) is 2.68. The number of hydrogen-bond donors (Lipinski definition) is 1. The fourth-order valence-electron chi connectivity index (χ4n) is 2.20. The third-order valence-electron chi connectivity index (χ3n) is 3.34. The fourth-order valence-corrected chi connectivity index (χ4v) is 3.38. The standard InChI is InChI=1S/C13H23N3OS/c1-13(2,3)11-10(7-14)18-12(15-11)16(4)9-5-6-17-8-9/h9H,5-8,14H2,1-4H3. The van der Waals surface area contributed by atoms with Gasteiger partial charge >= 0.3 is 0 Å². The Kier molecular flexibility index (Phi) is 3.94. The zero-order valence-electron chi connectivity index (χ0n) is 11.7. The molecule has 18 heavy (non-hydrogen) atoms. The molecular formula is C13H23N3OS. The lowest BCUT2D eigenvalue weighted by Gasteiger charge is -2.22. The summed E-state index contributed by atoms with van der Waals surface area (Å²) < 4.78 is 5.44. The Balaban J connectivity index is 2.26. The van der Waals surface area contributed by atoms with Gasteiger partial charge in [0.2, 0.25) is 0 Å². The predicted octanol–water partition coefficient (Wildman–Crippen LogP) is 2.12. The van der Waals surface area contributed by atoms with Crippen molar-refractivity contribution in [2.45, 2.75) is 45.2 Å². The minimum atomic E-state index is 0.0521. The van der Waals surface area contributed by atoms with Crippen LogP contribution in [0, 0.1) is 0 Å². The Bertz CT molecular complexity index is 405. The molecule has 0 radical (unpaired) electrons. The number of ether oxygens (including phenoxy) is 1. The fraction of sp³-hybridized carbons (Fsp3) is 0.769. The Labute approximate surface area is 113 Å². The average Bonchev–Trinajstić information content (AvgIpc) is 2.96. The molecule has 0 saturated carbocycles. The summed E-state index contributed by atoms with van der Waals surface area (Å²) in [5.74, 6) is 0. The molecule has 0 amide bonds. The lowest BCUT2D eigenvalue weighted by Crippen LogP contribution is -2.31. The topological polar surface area (TPSA) is 51.4 Å². The van der Waals surface area contributed by atoms with Crippen LogP contribution < -0.4 is 10.6 Å². The van der Waals surface area contributed by atoms with Gasteiger partial charge in [-0.3, -0.25) is 0 Å². The molecule has 2 heterocycles. The van der Waals surface area contributed by atoms with Crippen molar-refractivity contribution in [2.75, 3.05) is 25.2 Å². The van der Waals surface area contributed by atoms with Gasteiger partial charge < -0.3 is 15.4 Å². The van der Waals surface area contributed by atoms with Crippen molar-refractivity contribution in [1.29, 1.82) is 0 Å². The minimum absolute atomic E-state index is 0.0521. The molecular weight excluding hydrogens is 246 g/mol. The Morgan fingerprint density at radius 3 is 2.67 bits per heavy atom. The van der Waals surface area contributed by atoms with Gasteiger partial charge in [0, 0.05) is 30.5 Å². The Morgan fingerprint density at radius 1 is 1.50 bits per heavy atom. The molecule has 0 spiro atoms. The van der Waals surface area contributed by atoms with Gasteiger partial charge in [-0.15, -0.1) is 11.3 Å². The highest BCUT2D eigenvalue weighted by Crippen LogP contribution is 2.34. The van der Waals surface area contributed by atoms with E-state index in [1.807, 2.05) is 0 Å². The van der Waals surface area contributed by atoms with Crippen molar-refractivity contribution in [2.24, 2.45) is 5.73 Å². The first-order valence-electron chi connectivity index (χ1n) is 6.44. The molecule has 1 unspecified atom stereocenters. The molecule has 1 aliphatic rings. The Hall–Kier alpha value is -0.650. The van der Waals surface area contributed by atoms with Crippen LogP contribution in [0.5, 0.6) is 0 Å². The van der Waals surface area contributed by atoms with Crippen LogP contribution in [0.3, 0.4) is 0 Å². The highest BCUT2D eigenvalue weighted by atomic mass is 32.1. The van der Waals surface area contributed by atoms with Crippen LogP contribution in [0.2, 0.25) is 0 Å². The van der Waals surface area contributed by atoms with Crippen molar-refractivity contribution >= 4 is 16.5 Å². The first-order chi connectivity index (χ1) is 8.43. The maximum atomic E-state index is 5.84. The summed E-state index contributed by atoms with van der Waals surface area (Å²) in [6.07, 6.45) is 1.08. The monoisotopic (exact) mass is 269 g/mol. The van der Waals surface area contributed by atoms with Crippen LogP contribution in [-0.4, -0.2) is 31.3 Å². The SMILES string of the molecule is CN(c1nc(C(C)(C)C)c(CN)s1)C1CCOC1. The zero-order valence-corrected chi connectivity index (χ0v) is 12.5. The molecule has 102 valence electrons. The first-order valence-corrected chi connectivity index (χ1v) is 7.26. The molecule has 2 N–H and O–H groups in total. The quantitative estimate of drug-likeness (QED) is 0.913. The lowest BCUT2D eigenvalue weighted by molar-refractivity contribution is 0.193. The van der Waals surface area contributed by atoms with Gasteiger partial charge in [-0.1, -0.05) is 20.8 Å². The van der Waals surface area contributed by atoms with E-state index < -0.39 is 0 Å². The molecule has 1 fully saturated rings. The maximum absolute atomic E-state index is 5.84. The van der Waals surface area contributed by atoms with Crippen LogP contribution in [-0.2, 0) is 16.7 Å². The predicted molar refractivity (Wildman–Crippen MR) is 76.3 cm³/mol. The molecule has 1 aromatic rings. The molecule has 1 aromatic heterocycles. The number of nitrogens with two attached hydrogens (primary N) is 1. The van der Waals surface area contributed by atoms with Crippen molar-refractivity contribution in [3.8, 4) is 0 Å². The summed E-state index contributed by atoms with van der Waals surface area (Å²) in [6, 6.07) is 0.453. The van der Waals surface area contributed by atoms with Crippen LogP contribution in [0.4, 0.5) is 5.13 Å². The van der Waals surface area contributed by atoms with E-state index >= 15 is 0 Å². The van der Waals surface area contributed by atoms with Crippen molar-refractivity contribution in [1.82, 2.24) is 4.98 Å². The van der Waals surface area contributed by atoms with Crippen LogP contribution in [0.1, 0.15) is 37.8 Å². The van der Waals surface area contributed by atoms with Crippen LogP contribution in [0.25, 0.3) is 0 Å². The summed E-state index contributed by atoms with van der Waals surface area (Å²) in [6.45, 7) is 8.78. The van der Waals surface area contributed by atoms with E-state index in [9.17, 15) is 0 Å². The number of nitrogens with zero attached hydrogens (tertiary/aromatic N) is 2. The van der Waals surface area contributed by atoms with Crippen molar-refractivity contribution < 1.29 is 4.74 Å². The number of anilines is 1. The second kappa shape index (κ2) is 5.15. The number of rotatable bonds is 3. The summed E-state index contributed by atoms with van der Waals surface area (Å²) in [5, 5.41) is 1.07. The van der Waals surface area contributed by atoms with Crippen LogP contribution in [0.15, 0.2) is 0 Å². The number of hydrogen-bond acceptors (Lipinski definition) is 5. The molecule has 0 aromatic carbocycles. The van der Waals surface area contributed by atoms with Gasteiger partial charge in [0.15, 0.2) is 5.13 Å².